The number of aromatic amines is 1. The first kappa shape index (κ1) is 12.6. The zero-order valence-corrected chi connectivity index (χ0v) is 11.3. The Labute approximate surface area is 116 Å². The molecule has 3 rings (SSSR count). The van der Waals surface area contributed by atoms with Gasteiger partial charge in [0, 0.05) is 28.2 Å². The number of nitrogens with one attached hydrogen (secondary N) is 1. The molecule has 0 spiro atoms. The van der Waals surface area contributed by atoms with E-state index in [1.54, 1.807) is 19.2 Å². The molecule has 1 aromatic heterocycles. The Balaban J connectivity index is 2.13. The minimum absolute atomic E-state index is 0.0856. The molecule has 20 heavy (non-hydrogen) atoms. The molecule has 2 aromatic carbocycles. The van der Waals surface area contributed by atoms with Gasteiger partial charge in [0.25, 0.3) is 0 Å². The number of hydrogen-bond donors (Lipinski definition) is 1. The lowest BCUT2D eigenvalue weighted by Gasteiger charge is -2.04. The second kappa shape index (κ2) is 4.60. The lowest BCUT2D eigenvalue weighted by atomic mass is 9.98. The van der Waals surface area contributed by atoms with E-state index in [1.165, 1.54) is 12.1 Å². The largest absolute Gasteiger partial charge is 0.360 e. The molecule has 0 aliphatic heterocycles. The number of aromatic nitrogens is 1. The molecular weight excluding hydrogens is 253 g/mol. The Kier molecular flexibility index (Phi) is 2.90. The van der Waals surface area contributed by atoms with E-state index < -0.39 is 0 Å². The fraction of sp³-hybridized carbons (Fsp3) is 0.118. The summed E-state index contributed by atoms with van der Waals surface area (Å²) in [4.78, 5) is 15.7. The summed E-state index contributed by atoms with van der Waals surface area (Å²) < 4.78 is 13.1. The summed E-state index contributed by atoms with van der Waals surface area (Å²) in [5, 5.41) is 0.893. The van der Waals surface area contributed by atoms with Crippen molar-refractivity contribution in [2.45, 2.75) is 13.8 Å². The van der Waals surface area contributed by atoms with Gasteiger partial charge in [-0.2, -0.15) is 0 Å². The highest BCUT2D eigenvalue weighted by Crippen LogP contribution is 2.23. The summed E-state index contributed by atoms with van der Waals surface area (Å²) in [6.07, 6.45) is 1.72. The number of benzene rings is 2. The van der Waals surface area contributed by atoms with Gasteiger partial charge in [-0.25, -0.2) is 4.39 Å². The Morgan fingerprint density at radius 1 is 1.05 bits per heavy atom. The number of rotatable bonds is 2. The van der Waals surface area contributed by atoms with Crippen LogP contribution in [0, 0.1) is 19.7 Å². The average molecular weight is 267 g/mol. The number of hydrogen-bond acceptors (Lipinski definition) is 1. The molecule has 2 nitrogen and oxygen atoms in total. The molecule has 100 valence electrons. The van der Waals surface area contributed by atoms with Crippen LogP contribution >= 0.6 is 0 Å². The van der Waals surface area contributed by atoms with E-state index in [-0.39, 0.29) is 11.6 Å². The molecule has 0 bridgehead atoms. The van der Waals surface area contributed by atoms with Gasteiger partial charge in [0.2, 0.25) is 0 Å². The van der Waals surface area contributed by atoms with Crippen LogP contribution in [-0.4, -0.2) is 10.8 Å². The normalized spacial score (nSPS) is 10.9. The van der Waals surface area contributed by atoms with Crippen LogP contribution < -0.4 is 0 Å². The molecule has 0 atom stereocenters. The minimum atomic E-state index is -0.325. The van der Waals surface area contributed by atoms with Gasteiger partial charge in [0.1, 0.15) is 5.82 Å². The van der Waals surface area contributed by atoms with Gasteiger partial charge in [-0.1, -0.05) is 12.1 Å². The lowest BCUT2D eigenvalue weighted by molar-refractivity contribution is 0.103. The summed E-state index contributed by atoms with van der Waals surface area (Å²) >= 11 is 0. The van der Waals surface area contributed by atoms with Gasteiger partial charge in [-0.05, 0) is 49.2 Å². The van der Waals surface area contributed by atoms with Crippen LogP contribution in [0.3, 0.4) is 0 Å². The van der Waals surface area contributed by atoms with Crippen LogP contribution in [0.2, 0.25) is 0 Å². The second-order valence-corrected chi connectivity index (χ2v) is 5.04. The Morgan fingerprint density at radius 3 is 2.60 bits per heavy atom. The monoisotopic (exact) mass is 267 g/mol. The van der Waals surface area contributed by atoms with Crippen molar-refractivity contribution in [3.05, 3.63) is 70.7 Å². The summed E-state index contributed by atoms with van der Waals surface area (Å²) in [7, 11) is 0. The predicted molar refractivity (Wildman–Crippen MR) is 77.6 cm³/mol. The van der Waals surface area contributed by atoms with Crippen molar-refractivity contribution in [2.75, 3.05) is 0 Å². The Morgan fingerprint density at radius 2 is 1.85 bits per heavy atom. The van der Waals surface area contributed by atoms with E-state index in [9.17, 15) is 9.18 Å². The predicted octanol–water partition coefficient (Wildman–Crippen LogP) is 4.15. The molecule has 1 heterocycles. The van der Waals surface area contributed by atoms with Crippen molar-refractivity contribution in [1.29, 1.82) is 0 Å². The first-order chi connectivity index (χ1) is 9.56. The number of H-pyrrole nitrogens is 1. The van der Waals surface area contributed by atoms with Crippen molar-refractivity contribution in [3.8, 4) is 0 Å². The highest BCUT2D eigenvalue weighted by molar-refractivity contribution is 6.16. The SMILES string of the molecule is Cc1ccc2c(C(=O)c3ccc(F)cc3C)c[nH]c2c1. The van der Waals surface area contributed by atoms with Crippen LogP contribution in [0.4, 0.5) is 4.39 Å². The molecular formula is C17H14FNO. The topological polar surface area (TPSA) is 32.9 Å². The van der Waals surface area contributed by atoms with Crippen molar-refractivity contribution >= 4 is 16.7 Å². The van der Waals surface area contributed by atoms with E-state index in [4.69, 9.17) is 0 Å². The fourth-order valence-corrected chi connectivity index (χ4v) is 2.45. The maximum absolute atomic E-state index is 13.1. The van der Waals surface area contributed by atoms with E-state index in [0.29, 0.717) is 16.7 Å². The van der Waals surface area contributed by atoms with Gasteiger partial charge in [0.15, 0.2) is 5.78 Å². The van der Waals surface area contributed by atoms with Gasteiger partial charge in [-0.3, -0.25) is 4.79 Å². The van der Waals surface area contributed by atoms with Crippen molar-refractivity contribution in [1.82, 2.24) is 4.98 Å². The van der Waals surface area contributed by atoms with Crippen LogP contribution in [0.1, 0.15) is 27.0 Å². The van der Waals surface area contributed by atoms with Gasteiger partial charge >= 0.3 is 0 Å². The molecule has 3 heteroatoms. The molecule has 0 saturated heterocycles. The summed E-state index contributed by atoms with van der Waals surface area (Å²) in [6.45, 7) is 3.75. The maximum atomic E-state index is 13.1. The van der Waals surface area contributed by atoms with E-state index in [1.807, 2.05) is 25.1 Å². The van der Waals surface area contributed by atoms with E-state index in [2.05, 4.69) is 4.98 Å². The number of aryl methyl sites for hydroxylation is 2. The summed E-state index contributed by atoms with van der Waals surface area (Å²) in [6, 6.07) is 10.2. The van der Waals surface area contributed by atoms with Crippen molar-refractivity contribution < 1.29 is 9.18 Å². The van der Waals surface area contributed by atoms with Crippen LogP contribution in [0.25, 0.3) is 10.9 Å². The first-order valence-electron chi connectivity index (χ1n) is 6.45. The Bertz CT molecular complexity index is 817. The number of carbonyl (C=O) groups excluding carboxylic acids is 1. The van der Waals surface area contributed by atoms with Crippen molar-refractivity contribution in [2.24, 2.45) is 0 Å². The third-order valence-electron chi connectivity index (χ3n) is 3.51. The third kappa shape index (κ3) is 2.01. The molecule has 0 fully saturated rings. The molecule has 0 unspecified atom stereocenters. The zero-order chi connectivity index (χ0) is 14.3. The van der Waals surface area contributed by atoms with Crippen LogP contribution in [0.15, 0.2) is 42.6 Å². The highest BCUT2D eigenvalue weighted by Gasteiger charge is 2.16. The van der Waals surface area contributed by atoms with Gasteiger partial charge in [-0.15, -0.1) is 0 Å². The standard InChI is InChI=1S/C17H14FNO/c1-10-3-5-14-15(9-19-16(14)7-10)17(20)13-6-4-12(18)8-11(13)2/h3-9,19H,1-2H3. The molecule has 3 aromatic rings. The summed E-state index contributed by atoms with van der Waals surface area (Å²) in [5.41, 5.74) is 3.88. The average Bonchev–Trinajstić information content (AvgIpc) is 2.80. The minimum Gasteiger partial charge on any atom is -0.360 e. The van der Waals surface area contributed by atoms with E-state index >= 15 is 0 Å². The quantitative estimate of drug-likeness (QED) is 0.695. The molecule has 0 saturated carbocycles. The Hall–Kier alpha value is -2.42. The van der Waals surface area contributed by atoms with Crippen LogP contribution in [0.5, 0.6) is 0 Å². The third-order valence-corrected chi connectivity index (χ3v) is 3.51. The summed E-state index contributed by atoms with van der Waals surface area (Å²) in [5.74, 6) is -0.411. The maximum Gasteiger partial charge on any atom is 0.195 e. The van der Waals surface area contributed by atoms with Crippen molar-refractivity contribution in [3.63, 3.8) is 0 Å². The number of halogens is 1. The molecule has 0 aliphatic rings. The number of carbonyl (C=O) groups is 1. The van der Waals surface area contributed by atoms with Gasteiger partial charge < -0.3 is 4.98 Å². The fourth-order valence-electron chi connectivity index (χ4n) is 2.45. The smallest absolute Gasteiger partial charge is 0.195 e. The number of ketones is 1. The zero-order valence-electron chi connectivity index (χ0n) is 11.3. The molecule has 1 N–H and O–H groups in total. The van der Waals surface area contributed by atoms with Crippen LogP contribution in [-0.2, 0) is 0 Å². The van der Waals surface area contributed by atoms with Gasteiger partial charge in [0.05, 0.1) is 0 Å². The number of fused-ring (bicyclic) bond motifs is 1. The molecule has 0 aliphatic carbocycles. The second-order valence-electron chi connectivity index (χ2n) is 5.04. The molecule has 0 amide bonds. The lowest BCUT2D eigenvalue weighted by Crippen LogP contribution is -2.03. The van der Waals surface area contributed by atoms with E-state index in [0.717, 1.165) is 16.5 Å². The highest BCUT2D eigenvalue weighted by atomic mass is 19.1. The first-order valence-corrected chi connectivity index (χ1v) is 6.45. The molecule has 0 radical (unpaired) electrons.